The summed E-state index contributed by atoms with van der Waals surface area (Å²) in [6.07, 6.45) is -0.574. The summed E-state index contributed by atoms with van der Waals surface area (Å²) in [5.41, 5.74) is 3.16. The predicted octanol–water partition coefficient (Wildman–Crippen LogP) is 5.46. The van der Waals surface area contributed by atoms with Gasteiger partial charge in [-0.25, -0.2) is 4.79 Å². The third-order valence-corrected chi connectivity index (χ3v) is 6.39. The molecule has 186 valence electrons. The Morgan fingerprint density at radius 2 is 1.43 bits per heavy atom. The third kappa shape index (κ3) is 7.01. The number of esters is 1. The number of benzene rings is 3. The van der Waals surface area contributed by atoms with E-state index in [1.165, 1.54) is 0 Å². The topological polar surface area (TPSA) is 70.0 Å². The molecule has 2 atom stereocenters. The number of rotatable bonds is 11. The lowest BCUT2D eigenvalue weighted by Crippen LogP contribution is -2.38. The van der Waals surface area contributed by atoms with Crippen LogP contribution in [0.4, 0.5) is 0 Å². The van der Waals surface area contributed by atoms with Crippen molar-refractivity contribution in [1.82, 2.24) is 4.90 Å². The average molecular weight is 476 g/mol. The Morgan fingerprint density at radius 1 is 0.857 bits per heavy atom. The first kappa shape index (κ1) is 26.6. The number of hydrogen-bond donors (Lipinski definition) is 2. The normalized spacial score (nSPS) is 13.3. The highest BCUT2D eigenvalue weighted by Crippen LogP contribution is 2.36. The molecule has 0 spiro atoms. The molecule has 0 aliphatic heterocycles. The van der Waals surface area contributed by atoms with Crippen LogP contribution in [0, 0.1) is 0 Å². The van der Waals surface area contributed by atoms with Crippen LogP contribution in [0.3, 0.4) is 0 Å². The highest BCUT2D eigenvalue weighted by atomic mass is 16.5. The first-order valence-electron chi connectivity index (χ1n) is 12.3. The summed E-state index contributed by atoms with van der Waals surface area (Å²) >= 11 is 0. The lowest BCUT2D eigenvalue weighted by atomic mass is 9.86. The summed E-state index contributed by atoms with van der Waals surface area (Å²) < 4.78 is 5.78. The zero-order valence-electron chi connectivity index (χ0n) is 21.1. The molecule has 35 heavy (non-hydrogen) atoms. The SMILES string of the molecule is CC(C)N(CC[C@H](c1ccccc1)c1cc(CO)ccc1OC(=O)C(O)c1ccccc1)C(C)C. The van der Waals surface area contributed by atoms with Gasteiger partial charge in [-0.3, -0.25) is 4.90 Å². The van der Waals surface area contributed by atoms with Gasteiger partial charge in [-0.15, -0.1) is 0 Å². The van der Waals surface area contributed by atoms with E-state index in [9.17, 15) is 15.0 Å². The van der Waals surface area contributed by atoms with Crippen LogP contribution in [-0.2, 0) is 11.4 Å². The minimum atomic E-state index is -1.38. The maximum absolute atomic E-state index is 12.9. The van der Waals surface area contributed by atoms with E-state index in [1.807, 2.05) is 30.3 Å². The summed E-state index contributed by atoms with van der Waals surface area (Å²) in [6.45, 7) is 9.53. The highest BCUT2D eigenvalue weighted by molar-refractivity contribution is 5.79. The first-order chi connectivity index (χ1) is 16.8. The molecule has 0 saturated carbocycles. The fraction of sp³-hybridized carbons (Fsp3) is 0.367. The minimum Gasteiger partial charge on any atom is -0.424 e. The summed E-state index contributed by atoms with van der Waals surface area (Å²) in [6, 6.07) is 25.1. The van der Waals surface area contributed by atoms with Crippen LogP contribution in [0.5, 0.6) is 5.75 Å². The number of aliphatic hydroxyl groups is 2. The number of hydrogen-bond acceptors (Lipinski definition) is 5. The summed E-state index contributed by atoms with van der Waals surface area (Å²) in [5, 5.41) is 20.4. The molecule has 5 nitrogen and oxygen atoms in total. The third-order valence-electron chi connectivity index (χ3n) is 6.39. The van der Waals surface area contributed by atoms with Crippen molar-refractivity contribution in [2.75, 3.05) is 6.54 Å². The molecule has 0 heterocycles. The van der Waals surface area contributed by atoms with Gasteiger partial charge in [0.1, 0.15) is 5.75 Å². The molecule has 0 bridgehead atoms. The van der Waals surface area contributed by atoms with E-state index in [0.29, 0.717) is 23.4 Å². The van der Waals surface area contributed by atoms with Gasteiger partial charge in [0.25, 0.3) is 0 Å². The molecule has 0 amide bonds. The molecule has 0 aliphatic carbocycles. The molecule has 3 aromatic rings. The van der Waals surface area contributed by atoms with Crippen molar-refractivity contribution in [2.45, 2.75) is 64.8 Å². The van der Waals surface area contributed by atoms with Crippen LogP contribution >= 0.6 is 0 Å². The zero-order chi connectivity index (χ0) is 25.4. The number of carbonyl (C=O) groups is 1. The standard InChI is InChI=1S/C30H37NO4/c1-21(2)31(22(3)4)18-17-26(24-11-7-5-8-12-24)27-19-23(20-32)15-16-28(27)35-30(34)29(33)25-13-9-6-10-14-25/h5-16,19,21-22,26,29,32-33H,17-18,20H2,1-4H3/t26-,29?/m1/s1. The van der Waals surface area contributed by atoms with E-state index < -0.39 is 12.1 Å². The van der Waals surface area contributed by atoms with Crippen LogP contribution in [0.25, 0.3) is 0 Å². The van der Waals surface area contributed by atoms with E-state index in [-0.39, 0.29) is 12.5 Å². The minimum absolute atomic E-state index is 0.0561. The van der Waals surface area contributed by atoms with Gasteiger partial charge in [0.05, 0.1) is 6.61 Å². The van der Waals surface area contributed by atoms with Crippen LogP contribution in [-0.4, -0.2) is 39.7 Å². The van der Waals surface area contributed by atoms with Gasteiger partial charge in [-0.1, -0.05) is 66.7 Å². The van der Waals surface area contributed by atoms with Crippen LogP contribution in [0.1, 0.15) is 68.4 Å². The van der Waals surface area contributed by atoms with Gasteiger partial charge in [0.15, 0.2) is 6.10 Å². The molecule has 0 radical (unpaired) electrons. The largest absolute Gasteiger partial charge is 0.424 e. The molecule has 5 heteroatoms. The van der Waals surface area contributed by atoms with E-state index in [4.69, 9.17) is 4.74 Å². The number of carbonyl (C=O) groups excluding carboxylic acids is 1. The fourth-order valence-corrected chi connectivity index (χ4v) is 4.58. The Kier molecular flexibility index (Phi) is 9.61. The smallest absolute Gasteiger partial charge is 0.345 e. The van der Waals surface area contributed by atoms with Crippen molar-refractivity contribution in [2.24, 2.45) is 0 Å². The van der Waals surface area contributed by atoms with E-state index >= 15 is 0 Å². The van der Waals surface area contributed by atoms with Crippen LogP contribution in [0.15, 0.2) is 78.9 Å². The first-order valence-corrected chi connectivity index (χ1v) is 12.3. The van der Waals surface area contributed by atoms with E-state index in [1.54, 1.807) is 36.4 Å². The monoisotopic (exact) mass is 475 g/mol. The molecule has 0 fully saturated rings. The molecular weight excluding hydrogens is 438 g/mol. The van der Waals surface area contributed by atoms with Crippen molar-refractivity contribution in [3.05, 3.63) is 101 Å². The maximum Gasteiger partial charge on any atom is 0.345 e. The summed E-state index contributed by atoms with van der Waals surface area (Å²) in [4.78, 5) is 15.3. The molecule has 3 aromatic carbocycles. The lowest BCUT2D eigenvalue weighted by Gasteiger charge is -2.32. The lowest BCUT2D eigenvalue weighted by molar-refractivity contribution is -0.144. The second-order valence-corrected chi connectivity index (χ2v) is 9.44. The number of ether oxygens (including phenoxy) is 1. The average Bonchev–Trinajstić information content (AvgIpc) is 2.87. The van der Waals surface area contributed by atoms with E-state index in [0.717, 1.165) is 29.7 Å². The molecule has 0 aromatic heterocycles. The maximum atomic E-state index is 12.9. The molecular formula is C30H37NO4. The van der Waals surface area contributed by atoms with Crippen molar-refractivity contribution >= 4 is 5.97 Å². The van der Waals surface area contributed by atoms with Crippen molar-refractivity contribution in [3.63, 3.8) is 0 Å². The predicted molar refractivity (Wildman–Crippen MR) is 139 cm³/mol. The Balaban J connectivity index is 1.97. The number of aliphatic hydroxyl groups excluding tert-OH is 2. The molecule has 0 saturated heterocycles. The number of nitrogens with zero attached hydrogens (tertiary/aromatic N) is 1. The Morgan fingerprint density at radius 3 is 1.97 bits per heavy atom. The van der Waals surface area contributed by atoms with Gasteiger partial charge < -0.3 is 14.9 Å². The summed E-state index contributed by atoms with van der Waals surface area (Å²) in [5.74, 6) is -0.386. The molecule has 3 rings (SSSR count). The van der Waals surface area contributed by atoms with Crippen molar-refractivity contribution < 1.29 is 19.7 Å². The van der Waals surface area contributed by atoms with Crippen LogP contribution < -0.4 is 4.74 Å². The van der Waals surface area contributed by atoms with Gasteiger partial charge in [-0.05, 0) is 69.5 Å². The summed E-state index contributed by atoms with van der Waals surface area (Å²) in [7, 11) is 0. The zero-order valence-corrected chi connectivity index (χ0v) is 21.1. The van der Waals surface area contributed by atoms with Crippen molar-refractivity contribution in [3.8, 4) is 5.75 Å². The Labute approximate surface area is 209 Å². The molecule has 0 aliphatic rings. The Hall–Kier alpha value is -2.99. The van der Waals surface area contributed by atoms with Gasteiger partial charge >= 0.3 is 5.97 Å². The van der Waals surface area contributed by atoms with Crippen molar-refractivity contribution in [1.29, 1.82) is 0 Å². The second kappa shape index (κ2) is 12.6. The van der Waals surface area contributed by atoms with Crippen LogP contribution in [0.2, 0.25) is 0 Å². The van der Waals surface area contributed by atoms with E-state index in [2.05, 4.69) is 44.7 Å². The highest BCUT2D eigenvalue weighted by Gasteiger charge is 2.25. The second-order valence-electron chi connectivity index (χ2n) is 9.44. The van der Waals surface area contributed by atoms with Gasteiger partial charge in [0, 0.05) is 23.6 Å². The Bertz CT molecular complexity index is 1060. The van der Waals surface area contributed by atoms with Gasteiger partial charge in [0.2, 0.25) is 0 Å². The van der Waals surface area contributed by atoms with Gasteiger partial charge in [-0.2, -0.15) is 0 Å². The fourth-order valence-electron chi connectivity index (χ4n) is 4.58. The molecule has 1 unspecified atom stereocenters. The molecule has 2 N–H and O–H groups in total. The quantitative estimate of drug-likeness (QED) is 0.285.